The van der Waals surface area contributed by atoms with Crippen molar-refractivity contribution in [2.75, 3.05) is 6.61 Å². The summed E-state index contributed by atoms with van der Waals surface area (Å²) in [7, 11) is -4.54. The molecule has 0 spiro atoms. The Balaban J connectivity index is 2.83. The minimum Gasteiger partial charge on any atom is -0.466 e. The average Bonchev–Trinajstić information content (AvgIpc) is 2.66. The van der Waals surface area contributed by atoms with Crippen molar-refractivity contribution in [1.82, 2.24) is 0 Å². The van der Waals surface area contributed by atoms with Crippen LogP contribution in [0.15, 0.2) is 0 Å². The van der Waals surface area contributed by atoms with Gasteiger partial charge in [-0.2, -0.15) is 8.42 Å². The summed E-state index contributed by atoms with van der Waals surface area (Å²) in [6.07, 6.45) is 0. The predicted molar refractivity (Wildman–Crippen MR) is 54.9 cm³/mol. The second kappa shape index (κ2) is 3.97. The van der Waals surface area contributed by atoms with E-state index in [2.05, 4.69) is 0 Å². The van der Waals surface area contributed by atoms with Crippen molar-refractivity contribution in [3.8, 4) is 0 Å². The lowest BCUT2D eigenvalue weighted by Crippen LogP contribution is -2.25. The number of ether oxygens (including phenoxy) is 1. The van der Waals surface area contributed by atoms with Gasteiger partial charge in [-0.1, -0.05) is 13.8 Å². The van der Waals surface area contributed by atoms with Gasteiger partial charge in [0.05, 0.1) is 12.5 Å². The third-order valence-corrected chi connectivity index (χ3v) is 3.97. The lowest BCUT2D eigenvalue weighted by atomic mass is 10.1. The zero-order chi connectivity index (χ0) is 12.7. The fourth-order valence-electron chi connectivity index (χ4n) is 2.08. The Morgan fingerprint density at radius 3 is 2.38 bits per heavy atom. The van der Waals surface area contributed by atoms with Gasteiger partial charge in [0.1, 0.15) is 0 Å². The normalized spacial score (nSPS) is 29.6. The maximum atomic E-state index is 11.5. The fourth-order valence-corrected chi connectivity index (χ4v) is 2.96. The van der Waals surface area contributed by atoms with Crippen molar-refractivity contribution in [1.29, 1.82) is 0 Å². The summed E-state index contributed by atoms with van der Waals surface area (Å²) in [5, 5.41) is 9.40. The molecule has 0 aromatic carbocycles. The second-order valence-corrected chi connectivity index (χ2v) is 6.00. The third-order valence-electron chi connectivity index (χ3n) is 3.06. The summed E-state index contributed by atoms with van der Waals surface area (Å²) in [5.74, 6) is -2.05. The van der Waals surface area contributed by atoms with Crippen LogP contribution in [0.25, 0.3) is 0 Å². The SMILES string of the molecule is CCOC(=O)[C@H]1[C@H](C(O)S(=O)(=O)O)C1(C)C. The number of hydrogen-bond acceptors (Lipinski definition) is 5. The highest BCUT2D eigenvalue weighted by molar-refractivity contribution is 7.86. The first-order chi connectivity index (χ1) is 7.14. The van der Waals surface area contributed by atoms with Gasteiger partial charge in [0.25, 0.3) is 10.1 Å². The van der Waals surface area contributed by atoms with Gasteiger partial charge in [0.15, 0.2) is 5.44 Å². The number of aliphatic hydroxyl groups is 1. The van der Waals surface area contributed by atoms with Gasteiger partial charge in [-0.3, -0.25) is 9.35 Å². The van der Waals surface area contributed by atoms with Crippen LogP contribution in [0.1, 0.15) is 20.8 Å². The van der Waals surface area contributed by atoms with E-state index < -0.39 is 38.8 Å². The van der Waals surface area contributed by atoms with E-state index in [4.69, 9.17) is 9.29 Å². The van der Waals surface area contributed by atoms with Crippen LogP contribution < -0.4 is 0 Å². The number of carbonyl (C=O) groups excluding carboxylic acids is 1. The Labute approximate surface area is 94.4 Å². The number of hydrogen-bond donors (Lipinski definition) is 2. The molecule has 0 aliphatic heterocycles. The maximum absolute atomic E-state index is 11.5. The largest absolute Gasteiger partial charge is 0.466 e. The third kappa shape index (κ3) is 2.21. The van der Waals surface area contributed by atoms with Crippen LogP contribution >= 0.6 is 0 Å². The van der Waals surface area contributed by atoms with Crippen molar-refractivity contribution < 1.29 is 27.6 Å². The van der Waals surface area contributed by atoms with Gasteiger partial charge >= 0.3 is 5.97 Å². The molecule has 1 fully saturated rings. The van der Waals surface area contributed by atoms with E-state index in [1.807, 2.05) is 0 Å². The molecule has 1 aliphatic carbocycles. The maximum Gasteiger partial charge on any atom is 0.309 e. The smallest absolute Gasteiger partial charge is 0.309 e. The Morgan fingerprint density at radius 2 is 2.00 bits per heavy atom. The molecule has 3 atom stereocenters. The van der Waals surface area contributed by atoms with E-state index in [9.17, 15) is 18.3 Å². The Bertz CT molecular complexity index is 385. The van der Waals surface area contributed by atoms with E-state index >= 15 is 0 Å². The van der Waals surface area contributed by atoms with Crippen LogP contribution in [0, 0.1) is 17.3 Å². The monoisotopic (exact) mass is 252 g/mol. The minimum atomic E-state index is -4.54. The Hall–Kier alpha value is -0.660. The summed E-state index contributed by atoms with van der Waals surface area (Å²) >= 11 is 0. The van der Waals surface area contributed by atoms with Crippen molar-refractivity contribution in [3.63, 3.8) is 0 Å². The highest BCUT2D eigenvalue weighted by atomic mass is 32.2. The summed E-state index contributed by atoms with van der Waals surface area (Å²) < 4.78 is 35.1. The summed E-state index contributed by atoms with van der Waals surface area (Å²) in [5.41, 5.74) is -2.61. The van der Waals surface area contributed by atoms with Gasteiger partial charge in [-0.15, -0.1) is 0 Å². The molecule has 6 nitrogen and oxygen atoms in total. The van der Waals surface area contributed by atoms with Gasteiger partial charge in [-0.25, -0.2) is 0 Å². The number of rotatable bonds is 4. The fraction of sp³-hybridized carbons (Fsp3) is 0.889. The van der Waals surface area contributed by atoms with Crippen LogP contribution in [0.4, 0.5) is 0 Å². The lowest BCUT2D eigenvalue weighted by molar-refractivity contribution is -0.145. The predicted octanol–water partition coefficient (Wildman–Crippen LogP) is 0.0279. The van der Waals surface area contributed by atoms with E-state index in [1.165, 1.54) is 0 Å². The van der Waals surface area contributed by atoms with Crippen molar-refractivity contribution >= 4 is 16.1 Å². The number of carbonyl (C=O) groups is 1. The molecule has 7 heteroatoms. The Morgan fingerprint density at radius 1 is 1.50 bits per heavy atom. The molecule has 0 amide bonds. The summed E-state index contributed by atoms with van der Waals surface area (Å²) in [6.45, 7) is 5.13. The molecule has 1 unspecified atom stereocenters. The van der Waals surface area contributed by atoms with E-state index in [1.54, 1.807) is 20.8 Å². The van der Waals surface area contributed by atoms with Crippen molar-refractivity contribution in [2.24, 2.45) is 17.3 Å². The van der Waals surface area contributed by atoms with Crippen LogP contribution in [-0.2, 0) is 19.6 Å². The number of aliphatic hydroxyl groups excluding tert-OH is 1. The van der Waals surface area contributed by atoms with Crippen LogP contribution in [0.3, 0.4) is 0 Å². The number of esters is 1. The molecule has 0 aromatic rings. The van der Waals surface area contributed by atoms with Gasteiger partial charge in [-0.05, 0) is 12.3 Å². The highest BCUT2D eigenvalue weighted by Crippen LogP contribution is 2.61. The topological polar surface area (TPSA) is 101 Å². The van der Waals surface area contributed by atoms with Crippen LogP contribution in [0.5, 0.6) is 0 Å². The highest BCUT2D eigenvalue weighted by Gasteiger charge is 2.67. The molecular weight excluding hydrogens is 236 g/mol. The molecule has 2 N–H and O–H groups in total. The molecule has 1 aliphatic rings. The van der Waals surface area contributed by atoms with Crippen molar-refractivity contribution in [3.05, 3.63) is 0 Å². The Kier molecular flexibility index (Phi) is 3.33. The molecule has 0 heterocycles. The van der Waals surface area contributed by atoms with Gasteiger partial charge in [0, 0.05) is 5.92 Å². The minimum absolute atomic E-state index is 0.195. The van der Waals surface area contributed by atoms with E-state index in [-0.39, 0.29) is 6.61 Å². The van der Waals surface area contributed by atoms with E-state index in [0.29, 0.717) is 0 Å². The van der Waals surface area contributed by atoms with Gasteiger partial charge in [0.2, 0.25) is 0 Å². The average molecular weight is 252 g/mol. The molecule has 0 aromatic heterocycles. The molecular formula is C9H16O6S. The first-order valence-electron chi connectivity index (χ1n) is 4.95. The van der Waals surface area contributed by atoms with Gasteiger partial charge < -0.3 is 9.84 Å². The van der Waals surface area contributed by atoms with Crippen LogP contribution in [-0.4, -0.2) is 36.1 Å². The zero-order valence-electron chi connectivity index (χ0n) is 9.37. The standard InChI is InChI=1S/C9H16O6S/c1-4-15-7(10)5-6(9(5,2)3)8(11)16(12,13)14/h5-6,8,11H,4H2,1-3H3,(H,12,13,14)/t5-,6-,8?/m1/s1. The zero-order valence-corrected chi connectivity index (χ0v) is 10.2. The first kappa shape index (κ1) is 13.4. The molecule has 1 rings (SSSR count). The molecule has 94 valence electrons. The molecule has 1 saturated carbocycles. The molecule has 16 heavy (non-hydrogen) atoms. The molecule has 0 saturated heterocycles. The van der Waals surface area contributed by atoms with E-state index in [0.717, 1.165) is 0 Å². The lowest BCUT2D eigenvalue weighted by Gasteiger charge is -2.07. The quantitative estimate of drug-likeness (QED) is 0.540. The second-order valence-electron chi connectivity index (χ2n) is 4.48. The first-order valence-corrected chi connectivity index (χ1v) is 6.45. The summed E-state index contributed by atoms with van der Waals surface area (Å²) in [4.78, 5) is 11.5. The van der Waals surface area contributed by atoms with Crippen LogP contribution in [0.2, 0.25) is 0 Å². The molecule has 0 bridgehead atoms. The summed E-state index contributed by atoms with van der Waals surface area (Å²) in [6, 6.07) is 0. The van der Waals surface area contributed by atoms with Crippen molar-refractivity contribution in [2.45, 2.75) is 26.2 Å². The molecule has 0 radical (unpaired) electrons.